The molecule has 1 aliphatic carbocycles. The van der Waals surface area contributed by atoms with E-state index in [9.17, 15) is 4.39 Å². The molecule has 0 bridgehead atoms. The van der Waals surface area contributed by atoms with Crippen molar-refractivity contribution in [1.29, 1.82) is 0 Å². The van der Waals surface area contributed by atoms with E-state index in [1.54, 1.807) is 12.1 Å². The minimum Gasteiger partial charge on any atom is -0.207 e. The molecule has 0 N–H and O–H groups in total. The summed E-state index contributed by atoms with van der Waals surface area (Å²) >= 11 is 6.04. The molecule has 0 spiro atoms. The monoisotopic (exact) mass is 226 g/mol. The maximum Gasteiger partial charge on any atom is 0.123 e. The van der Waals surface area contributed by atoms with Gasteiger partial charge in [0.25, 0.3) is 0 Å². The Labute approximate surface area is 95.4 Å². The van der Waals surface area contributed by atoms with Gasteiger partial charge in [0, 0.05) is 5.88 Å². The van der Waals surface area contributed by atoms with Crippen molar-refractivity contribution in [3.63, 3.8) is 0 Å². The number of hydrogen-bond donors (Lipinski definition) is 0. The lowest BCUT2D eigenvalue weighted by atomic mass is 9.81. The predicted molar refractivity (Wildman–Crippen MR) is 61.7 cm³/mol. The molecule has 0 nitrogen and oxygen atoms in total. The molecule has 0 aromatic heterocycles. The van der Waals surface area contributed by atoms with E-state index in [0.29, 0.717) is 5.88 Å². The van der Waals surface area contributed by atoms with Gasteiger partial charge in [-0.1, -0.05) is 19.1 Å². The molecular formula is C13H16ClF. The second kappa shape index (κ2) is 4.13. The third kappa shape index (κ3) is 2.52. The average Bonchev–Trinajstić information content (AvgIpc) is 3.01. The van der Waals surface area contributed by atoms with Crippen molar-refractivity contribution in [2.24, 2.45) is 11.3 Å². The Morgan fingerprint density at radius 2 is 2.20 bits per heavy atom. The molecule has 1 aromatic rings. The third-order valence-electron chi connectivity index (χ3n) is 3.37. The van der Waals surface area contributed by atoms with Crippen LogP contribution in [0.4, 0.5) is 4.39 Å². The molecule has 0 heterocycles. The van der Waals surface area contributed by atoms with E-state index in [1.165, 1.54) is 18.9 Å². The van der Waals surface area contributed by atoms with Gasteiger partial charge in [-0.3, -0.25) is 0 Å². The van der Waals surface area contributed by atoms with Crippen molar-refractivity contribution in [2.45, 2.75) is 26.2 Å². The summed E-state index contributed by atoms with van der Waals surface area (Å²) in [5.41, 5.74) is 1.21. The van der Waals surface area contributed by atoms with Crippen molar-refractivity contribution >= 4 is 11.6 Å². The molecule has 1 unspecified atom stereocenters. The fraction of sp³-hybridized carbons (Fsp3) is 0.538. The second-order valence-corrected chi connectivity index (χ2v) is 5.14. The molecule has 2 heteroatoms. The van der Waals surface area contributed by atoms with Crippen molar-refractivity contribution in [2.75, 3.05) is 5.88 Å². The van der Waals surface area contributed by atoms with Crippen LogP contribution in [0.25, 0.3) is 0 Å². The quantitative estimate of drug-likeness (QED) is 0.681. The zero-order valence-corrected chi connectivity index (χ0v) is 9.73. The van der Waals surface area contributed by atoms with Crippen LogP contribution in [0, 0.1) is 17.2 Å². The maximum absolute atomic E-state index is 13.0. The van der Waals surface area contributed by atoms with Crippen LogP contribution in [0.5, 0.6) is 0 Å². The van der Waals surface area contributed by atoms with Gasteiger partial charge in [0.05, 0.1) is 0 Å². The standard InChI is InChI=1S/C13H16ClF/c1-13(9-14,11-5-6-11)8-10-3-2-4-12(15)7-10/h2-4,7,11H,5-6,8-9H2,1H3. The molecule has 1 fully saturated rings. The Morgan fingerprint density at radius 1 is 1.47 bits per heavy atom. The Balaban J connectivity index is 2.12. The smallest absolute Gasteiger partial charge is 0.123 e. The minimum absolute atomic E-state index is 0.148. The Bertz CT molecular complexity index is 346. The zero-order valence-electron chi connectivity index (χ0n) is 8.97. The number of alkyl halides is 1. The number of hydrogen-bond acceptors (Lipinski definition) is 0. The van der Waals surface area contributed by atoms with Gasteiger partial charge in [-0.2, -0.15) is 0 Å². The Hall–Kier alpha value is -0.560. The van der Waals surface area contributed by atoms with Crippen LogP contribution in [0.2, 0.25) is 0 Å². The second-order valence-electron chi connectivity index (χ2n) is 4.87. The minimum atomic E-state index is -0.153. The van der Waals surface area contributed by atoms with Gasteiger partial charge in [-0.25, -0.2) is 4.39 Å². The largest absolute Gasteiger partial charge is 0.207 e. The number of benzene rings is 1. The molecule has 1 aliphatic rings. The van der Waals surface area contributed by atoms with E-state index in [0.717, 1.165) is 17.9 Å². The van der Waals surface area contributed by atoms with E-state index in [2.05, 4.69) is 6.92 Å². The van der Waals surface area contributed by atoms with Crippen molar-refractivity contribution in [3.05, 3.63) is 35.6 Å². The van der Waals surface area contributed by atoms with Gasteiger partial charge in [0.1, 0.15) is 5.82 Å². The number of halogens is 2. The first kappa shape index (κ1) is 10.9. The van der Waals surface area contributed by atoms with Crippen molar-refractivity contribution < 1.29 is 4.39 Å². The first-order chi connectivity index (χ1) is 7.14. The van der Waals surface area contributed by atoms with E-state index in [1.807, 2.05) is 6.07 Å². The summed E-state index contributed by atoms with van der Waals surface area (Å²) in [6.07, 6.45) is 3.44. The Kier molecular flexibility index (Phi) is 3.01. The summed E-state index contributed by atoms with van der Waals surface area (Å²) in [7, 11) is 0. The molecule has 0 saturated heterocycles. The highest BCUT2D eigenvalue weighted by molar-refractivity contribution is 6.18. The summed E-state index contributed by atoms with van der Waals surface area (Å²) in [6, 6.07) is 6.86. The lowest BCUT2D eigenvalue weighted by Crippen LogP contribution is -2.24. The van der Waals surface area contributed by atoms with E-state index >= 15 is 0 Å². The van der Waals surface area contributed by atoms with Gasteiger partial charge < -0.3 is 0 Å². The average molecular weight is 227 g/mol. The van der Waals surface area contributed by atoms with Crippen LogP contribution >= 0.6 is 11.6 Å². The molecule has 1 aromatic carbocycles. The van der Waals surface area contributed by atoms with Gasteiger partial charge in [0.2, 0.25) is 0 Å². The van der Waals surface area contributed by atoms with E-state index < -0.39 is 0 Å². The topological polar surface area (TPSA) is 0 Å². The highest BCUT2D eigenvalue weighted by Gasteiger charge is 2.40. The van der Waals surface area contributed by atoms with Crippen LogP contribution in [0.3, 0.4) is 0 Å². The highest BCUT2D eigenvalue weighted by atomic mass is 35.5. The first-order valence-corrected chi connectivity index (χ1v) is 5.98. The van der Waals surface area contributed by atoms with Crippen LogP contribution in [0.1, 0.15) is 25.3 Å². The van der Waals surface area contributed by atoms with E-state index in [4.69, 9.17) is 11.6 Å². The summed E-state index contributed by atoms with van der Waals surface area (Å²) in [4.78, 5) is 0. The Morgan fingerprint density at radius 3 is 2.73 bits per heavy atom. The number of rotatable bonds is 4. The fourth-order valence-corrected chi connectivity index (χ4v) is 2.51. The molecule has 82 valence electrons. The zero-order chi connectivity index (χ0) is 10.9. The highest BCUT2D eigenvalue weighted by Crippen LogP contribution is 2.48. The molecule has 0 aliphatic heterocycles. The fourth-order valence-electron chi connectivity index (χ4n) is 2.19. The molecular weight excluding hydrogens is 211 g/mol. The van der Waals surface area contributed by atoms with Crippen LogP contribution in [-0.2, 0) is 6.42 Å². The summed E-state index contributed by atoms with van der Waals surface area (Å²) in [6.45, 7) is 2.21. The van der Waals surface area contributed by atoms with Gasteiger partial charge in [0.15, 0.2) is 0 Å². The van der Waals surface area contributed by atoms with E-state index in [-0.39, 0.29) is 11.2 Å². The normalized spacial score (nSPS) is 19.9. The predicted octanol–water partition coefficient (Wildman–Crippen LogP) is 4.02. The van der Waals surface area contributed by atoms with Gasteiger partial charge >= 0.3 is 0 Å². The third-order valence-corrected chi connectivity index (χ3v) is 3.98. The molecule has 1 saturated carbocycles. The molecule has 0 radical (unpaired) electrons. The summed E-state index contributed by atoms with van der Waals surface area (Å²) in [5, 5.41) is 0. The van der Waals surface area contributed by atoms with Gasteiger partial charge in [-0.05, 0) is 48.3 Å². The SMILES string of the molecule is CC(CCl)(Cc1cccc(F)c1)C1CC1. The van der Waals surface area contributed by atoms with Crippen LogP contribution in [-0.4, -0.2) is 5.88 Å². The molecule has 0 amide bonds. The first-order valence-electron chi connectivity index (χ1n) is 5.44. The van der Waals surface area contributed by atoms with Gasteiger partial charge in [-0.15, -0.1) is 11.6 Å². The van der Waals surface area contributed by atoms with Crippen LogP contribution in [0.15, 0.2) is 24.3 Å². The maximum atomic E-state index is 13.0. The lowest BCUT2D eigenvalue weighted by Gasteiger charge is -2.27. The van der Waals surface area contributed by atoms with Crippen molar-refractivity contribution in [3.8, 4) is 0 Å². The molecule has 15 heavy (non-hydrogen) atoms. The summed E-state index contributed by atoms with van der Waals surface area (Å²) in [5.74, 6) is 1.24. The van der Waals surface area contributed by atoms with Crippen LogP contribution < -0.4 is 0 Å². The van der Waals surface area contributed by atoms with Crippen molar-refractivity contribution in [1.82, 2.24) is 0 Å². The summed E-state index contributed by atoms with van der Waals surface area (Å²) < 4.78 is 13.0. The lowest BCUT2D eigenvalue weighted by molar-refractivity contribution is 0.313. The molecule has 1 atom stereocenters. The molecule has 2 rings (SSSR count).